The molecule has 3 heterocycles. The molecule has 1 unspecified atom stereocenters. The van der Waals surface area contributed by atoms with Gasteiger partial charge < -0.3 is 24.9 Å². The summed E-state index contributed by atoms with van der Waals surface area (Å²) in [6.07, 6.45) is 1.41. The van der Waals surface area contributed by atoms with E-state index in [1.54, 1.807) is 11.5 Å². The number of anilines is 1. The quantitative estimate of drug-likeness (QED) is 0.773. The molecular formula is C19H23ClFN3O5. The maximum absolute atomic E-state index is 15.1. The highest BCUT2D eigenvalue weighted by molar-refractivity contribution is 6.13. The average molecular weight is 428 g/mol. The number of carboxylic acids is 1. The first-order valence-corrected chi connectivity index (χ1v) is 8.91. The normalized spacial score (nSPS) is 18.9. The Labute approximate surface area is 172 Å². The number of piperazine rings is 1. The van der Waals surface area contributed by atoms with Crippen molar-refractivity contribution in [1.82, 2.24) is 9.47 Å². The van der Waals surface area contributed by atoms with Crippen LogP contribution < -0.4 is 10.3 Å². The van der Waals surface area contributed by atoms with Crippen molar-refractivity contribution >= 4 is 40.7 Å². The van der Waals surface area contributed by atoms with E-state index in [1.165, 1.54) is 6.20 Å². The topological polar surface area (TPSA) is 114 Å². The minimum Gasteiger partial charge on any atom is -0.477 e. The molecule has 0 radical (unpaired) electrons. The van der Waals surface area contributed by atoms with Gasteiger partial charge in [0.2, 0.25) is 5.43 Å². The molecular weight excluding hydrogens is 405 g/mol. The number of hydrogen-bond donors (Lipinski definition) is 1. The summed E-state index contributed by atoms with van der Waals surface area (Å²) in [7, 11) is 1.98. The average Bonchev–Trinajstić information content (AvgIpc) is 2.61. The van der Waals surface area contributed by atoms with Crippen LogP contribution in [0, 0.1) is 5.82 Å². The Morgan fingerprint density at radius 2 is 1.83 bits per heavy atom. The van der Waals surface area contributed by atoms with E-state index < -0.39 is 22.8 Å². The van der Waals surface area contributed by atoms with Crippen LogP contribution in [-0.4, -0.2) is 65.0 Å². The molecule has 1 aromatic heterocycles. The number of carboxylic acid groups (broad SMARTS) is 1. The molecule has 1 atom stereocenters. The molecule has 1 fully saturated rings. The number of carbonyl (C=O) groups excluding carboxylic acids is 1. The second-order valence-electron chi connectivity index (χ2n) is 7.33. The summed E-state index contributed by atoms with van der Waals surface area (Å²) >= 11 is 0. The number of benzene rings is 1. The van der Waals surface area contributed by atoms with E-state index in [2.05, 4.69) is 4.90 Å². The first-order chi connectivity index (χ1) is 12.8. The van der Waals surface area contributed by atoms with Crippen molar-refractivity contribution in [3.8, 4) is 0 Å². The van der Waals surface area contributed by atoms with Gasteiger partial charge in [-0.25, -0.2) is 9.18 Å². The van der Waals surface area contributed by atoms with Gasteiger partial charge in [0.05, 0.1) is 22.2 Å². The fraction of sp³-hybridized carbons (Fsp3) is 0.421. The number of pyridine rings is 1. The van der Waals surface area contributed by atoms with E-state index in [0.717, 1.165) is 19.2 Å². The fourth-order valence-electron chi connectivity index (χ4n) is 4.05. The highest BCUT2D eigenvalue weighted by atomic mass is 35.5. The summed E-state index contributed by atoms with van der Waals surface area (Å²) < 4.78 is 16.7. The van der Waals surface area contributed by atoms with Crippen molar-refractivity contribution in [2.24, 2.45) is 0 Å². The Bertz CT molecular complexity index is 1050. The lowest BCUT2D eigenvalue weighted by Gasteiger charge is -2.36. The van der Waals surface area contributed by atoms with Gasteiger partial charge in [0.15, 0.2) is 5.78 Å². The van der Waals surface area contributed by atoms with E-state index in [9.17, 15) is 19.5 Å². The van der Waals surface area contributed by atoms with Gasteiger partial charge in [-0.05, 0) is 20.0 Å². The highest BCUT2D eigenvalue weighted by Crippen LogP contribution is 2.38. The number of carbonyl (C=O) groups is 2. The van der Waals surface area contributed by atoms with Crippen LogP contribution in [0.3, 0.4) is 0 Å². The molecule has 3 N–H and O–H groups in total. The molecule has 1 aromatic carbocycles. The molecule has 1 saturated heterocycles. The number of aromatic nitrogens is 1. The molecule has 158 valence electrons. The zero-order chi connectivity index (χ0) is 19.5. The molecule has 0 saturated carbocycles. The highest BCUT2D eigenvalue weighted by Gasteiger charge is 2.33. The van der Waals surface area contributed by atoms with Gasteiger partial charge >= 0.3 is 5.97 Å². The van der Waals surface area contributed by atoms with Crippen molar-refractivity contribution < 1.29 is 24.6 Å². The van der Waals surface area contributed by atoms with Crippen LogP contribution in [-0.2, 0) is 0 Å². The van der Waals surface area contributed by atoms with E-state index in [4.69, 9.17) is 0 Å². The third kappa shape index (κ3) is 3.50. The Kier molecular flexibility index (Phi) is 6.36. The maximum atomic E-state index is 15.1. The molecule has 2 aromatic rings. The van der Waals surface area contributed by atoms with Crippen molar-refractivity contribution in [3.05, 3.63) is 39.4 Å². The van der Waals surface area contributed by atoms with Gasteiger partial charge in [0.25, 0.3) is 0 Å². The van der Waals surface area contributed by atoms with Crippen molar-refractivity contribution in [2.75, 3.05) is 38.1 Å². The first-order valence-electron chi connectivity index (χ1n) is 8.91. The molecule has 0 bridgehead atoms. The Morgan fingerprint density at radius 1 is 1.21 bits per heavy atom. The second-order valence-corrected chi connectivity index (χ2v) is 7.33. The predicted octanol–water partition coefficient (Wildman–Crippen LogP) is 1.34. The molecule has 2 aliphatic rings. The summed E-state index contributed by atoms with van der Waals surface area (Å²) in [5, 5.41) is 9.28. The van der Waals surface area contributed by atoms with Crippen LogP contribution in [0.1, 0.15) is 40.1 Å². The lowest BCUT2D eigenvalue weighted by molar-refractivity contribution is 0.0694. The van der Waals surface area contributed by atoms with Gasteiger partial charge in [-0.3, -0.25) is 9.59 Å². The minimum absolute atomic E-state index is 0. The van der Waals surface area contributed by atoms with Crippen LogP contribution in [0.5, 0.6) is 0 Å². The molecule has 10 heteroatoms. The Balaban J connectivity index is 0.00000150. The van der Waals surface area contributed by atoms with Gasteiger partial charge in [0.1, 0.15) is 11.4 Å². The van der Waals surface area contributed by atoms with Crippen LogP contribution in [0.15, 0.2) is 17.1 Å². The summed E-state index contributed by atoms with van der Waals surface area (Å²) in [5.41, 5.74) is -0.420. The number of Topliss-reactive ketones (excluding diaryl/α,β-unsaturated/α-hetero) is 1. The van der Waals surface area contributed by atoms with E-state index in [1.807, 2.05) is 11.9 Å². The van der Waals surface area contributed by atoms with E-state index in [0.29, 0.717) is 18.6 Å². The molecule has 2 aliphatic heterocycles. The number of aromatic carboxylic acids is 1. The van der Waals surface area contributed by atoms with Crippen LogP contribution in [0.2, 0.25) is 0 Å². The SMILES string of the molecule is CC1CC(=O)c2c(N3CCN(C)CC3)c(F)cc3c(=O)c(C(=O)O)cn1c23.Cl.O. The number of ketones is 1. The smallest absolute Gasteiger partial charge is 0.341 e. The van der Waals surface area contributed by atoms with Crippen LogP contribution in [0.4, 0.5) is 10.1 Å². The largest absolute Gasteiger partial charge is 0.477 e. The first kappa shape index (κ1) is 22.8. The lowest BCUT2D eigenvalue weighted by atomic mass is 9.92. The van der Waals surface area contributed by atoms with E-state index >= 15 is 4.39 Å². The minimum atomic E-state index is -1.36. The van der Waals surface area contributed by atoms with Gasteiger partial charge in [-0.15, -0.1) is 12.4 Å². The van der Waals surface area contributed by atoms with Crippen molar-refractivity contribution in [2.45, 2.75) is 19.4 Å². The summed E-state index contributed by atoms with van der Waals surface area (Å²) in [5.74, 6) is -2.24. The summed E-state index contributed by atoms with van der Waals surface area (Å²) in [4.78, 5) is 40.9. The third-order valence-electron chi connectivity index (χ3n) is 5.53. The van der Waals surface area contributed by atoms with Crippen molar-refractivity contribution in [3.63, 3.8) is 0 Å². The predicted molar refractivity (Wildman–Crippen MR) is 109 cm³/mol. The second kappa shape index (κ2) is 8.10. The molecule has 0 amide bonds. The van der Waals surface area contributed by atoms with Crippen LogP contribution in [0.25, 0.3) is 10.9 Å². The zero-order valence-corrected chi connectivity index (χ0v) is 16.9. The van der Waals surface area contributed by atoms with Gasteiger partial charge in [0, 0.05) is 44.8 Å². The third-order valence-corrected chi connectivity index (χ3v) is 5.53. The molecule has 8 nitrogen and oxygen atoms in total. The van der Waals surface area contributed by atoms with Crippen LogP contribution >= 0.6 is 12.4 Å². The summed E-state index contributed by atoms with van der Waals surface area (Å²) in [6, 6.07) is 0.778. The number of halogens is 2. The zero-order valence-electron chi connectivity index (χ0n) is 16.1. The molecule has 0 aliphatic carbocycles. The molecule has 0 spiro atoms. The molecule has 4 rings (SSSR count). The maximum Gasteiger partial charge on any atom is 0.341 e. The standard InChI is InChI=1S/C19H20FN3O4.ClH.H2O/c1-10-7-14(24)15-16-11(18(25)12(19(26)27)9-23(10)16)8-13(20)17(15)22-5-3-21(2)4-6-22;;/h8-10H,3-7H2,1-2H3,(H,26,27);1H;1H2. The van der Waals surface area contributed by atoms with Crippen molar-refractivity contribution in [1.29, 1.82) is 0 Å². The fourth-order valence-corrected chi connectivity index (χ4v) is 4.05. The van der Waals surface area contributed by atoms with E-state index in [-0.39, 0.29) is 52.8 Å². The number of hydrogen-bond acceptors (Lipinski definition) is 5. The number of nitrogens with zero attached hydrogens (tertiary/aromatic N) is 3. The number of rotatable bonds is 2. The lowest BCUT2D eigenvalue weighted by Crippen LogP contribution is -2.45. The number of likely N-dealkylation sites (N-methyl/N-ethyl adjacent to an activating group) is 1. The van der Waals surface area contributed by atoms with Gasteiger partial charge in [-0.1, -0.05) is 0 Å². The Hall–Kier alpha value is -2.49. The monoisotopic (exact) mass is 427 g/mol. The summed E-state index contributed by atoms with van der Waals surface area (Å²) in [6.45, 7) is 4.42. The molecule has 29 heavy (non-hydrogen) atoms. The Morgan fingerprint density at radius 3 is 2.41 bits per heavy atom. The van der Waals surface area contributed by atoms with Gasteiger partial charge in [-0.2, -0.15) is 0 Å².